The number of nitrogens with one attached hydrogen (secondary N) is 1. The van der Waals surface area contributed by atoms with Gasteiger partial charge in [0.05, 0.1) is 0 Å². The number of aliphatic hydroxyl groups excluding tert-OH is 1. The molecule has 1 rings (SSSR count). The van der Waals surface area contributed by atoms with E-state index in [0.717, 1.165) is 0 Å². The van der Waals surface area contributed by atoms with Gasteiger partial charge in [-0.3, -0.25) is 0 Å². The molecule has 0 fully saturated rings. The van der Waals surface area contributed by atoms with Gasteiger partial charge in [0.1, 0.15) is 0 Å². The predicted molar refractivity (Wildman–Crippen MR) is 52.2 cm³/mol. The van der Waals surface area contributed by atoms with Crippen LogP contribution in [0.2, 0.25) is 0 Å². The van der Waals surface area contributed by atoms with Crippen LogP contribution in [-0.2, 0) is 4.79 Å². The molecule has 0 saturated carbocycles. The van der Waals surface area contributed by atoms with E-state index in [9.17, 15) is 9.59 Å². The van der Waals surface area contributed by atoms with Crippen LogP contribution in [0.3, 0.4) is 0 Å². The maximum absolute atomic E-state index is 10.5. The molecule has 6 heteroatoms. The van der Waals surface area contributed by atoms with Crippen LogP contribution < -0.4 is 11.1 Å². The van der Waals surface area contributed by atoms with Crippen LogP contribution in [0.1, 0.15) is 11.7 Å². The summed E-state index contributed by atoms with van der Waals surface area (Å²) in [6.07, 6.45) is -1.56. The molecular weight excluding hydrogens is 200 g/mol. The Bertz CT molecular complexity index is 374. The van der Waals surface area contributed by atoms with Gasteiger partial charge in [-0.1, -0.05) is 12.1 Å². The zero-order valence-corrected chi connectivity index (χ0v) is 7.68. The fraction of sp³-hybridized carbons (Fsp3) is 0.111. The van der Waals surface area contributed by atoms with Gasteiger partial charge in [0.25, 0.3) is 0 Å². The van der Waals surface area contributed by atoms with Gasteiger partial charge < -0.3 is 21.3 Å². The van der Waals surface area contributed by atoms with E-state index >= 15 is 0 Å². The number of rotatable bonds is 3. The van der Waals surface area contributed by atoms with E-state index < -0.39 is 18.1 Å². The molecule has 0 saturated heterocycles. The van der Waals surface area contributed by atoms with Gasteiger partial charge in [-0.05, 0) is 17.7 Å². The summed E-state index contributed by atoms with van der Waals surface area (Å²) in [4.78, 5) is 20.9. The predicted octanol–water partition coefficient (Wildman–Crippen LogP) is 0.295. The van der Waals surface area contributed by atoms with Crippen molar-refractivity contribution in [1.82, 2.24) is 0 Å². The summed E-state index contributed by atoms with van der Waals surface area (Å²) in [5, 5.41) is 20.0. The zero-order chi connectivity index (χ0) is 11.4. The third-order valence-electron chi connectivity index (χ3n) is 1.73. The number of aliphatic carboxylic acids is 1. The molecule has 0 aromatic heterocycles. The van der Waals surface area contributed by atoms with Crippen molar-refractivity contribution in [3.05, 3.63) is 29.8 Å². The first kappa shape index (κ1) is 11.0. The topological polar surface area (TPSA) is 113 Å². The Labute approximate surface area is 85.3 Å². The molecule has 6 nitrogen and oxygen atoms in total. The number of primary amides is 1. The standard InChI is InChI=1S/C9H10N2O4/c10-9(15)11-6-3-1-5(2-4-6)7(12)8(13)14/h1-4,7,12H,(H,13,14)(H3,10,11,15). The van der Waals surface area contributed by atoms with Gasteiger partial charge in [-0.2, -0.15) is 0 Å². The van der Waals surface area contributed by atoms with E-state index in [1.165, 1.54) is 24.3 Å². The average molecular weight is 210 g/mol. The molecule has 0 bridgehead atoms. The first-order chi connectivity index (χ1) is 7.00. The van der Waals surface area contributed by atoms with Gasteiger partial charge in [0.15, 0.2) is 6.10 Å². The van der Waals surface area contributed by atoms with Crippen LogP contribution in [0.5, 0.6) is 0 Å². The smallest absolute Gasteiger partial charge is 0.337 e. The molecule has 0 aliphatic rings. The number of nitrogens with two attached hydrogens (primary N) is 1. The zero-order valence-electron chi connectivity index (χ0n) is 7.68. The highest BCUT2D eigenvalue weighted by atomic mass is 16.4. The molecule has 1 atom stereocenters. The van der Waals surface area contributed by atoms with Crippen molar-refractivity contribution in [2.45, 2.75) is 6.10 Å². The molecule has 0 heterocycles. The molecular formula is C9H10N2O4. The van der Waals surface area contributed by atoms with Crippen LogP contribution >= 0.6 is 0 Å². The number of amides is 2. The number of anilines is 1. The maximum atomic E-state index is 10.5. The molecule has 0 radical (unpaired) electrons. The Morgan fingerprint density at radius 1 is 1.27 bits per heavy atom. The molecule has 1 aromatic rings. The van der Waals surface area contributed by atoms with Gasteiger partial charge >= 0.3 is 12.0 Å². The normalized spacial score (nSPS) is 11.8. The second-order valence-electron chi connectivity index (χ2n) is 2.85. The number of benzene rings is 1. The van der Waals surface area contributed by atoms with E-state index in [4.69, 9.17) is 15.9 Å². The molecule has 5 N–H and O–H groups in total. The lowest BCUT2D eigenvalue weighted by atomic mass is 10.1. The van der Waals surface area contributed by atoms with Gasteiger partial charge in [0, 0.05) is 5.69 Å². The highest BCUT2D eigenvalue weighted by molar-refractivity contribution is 5.87. The van der Waals surface area contributed by atoms with E-state index in [2.05, 4.69) is 5.32 Å². The molecule has 0 spiro atoms. The lowest BCUT2D eigenvalue weighted by Crippen LogP contribution is -2.19. The summed E-state index contributed by atoms with van der Waals surface area (Å²) in [6, 6.07) is 4.98. The van der Waals surface area contributed by atoms with Crippen molar-refractivity contribution >= 4 is 17.7 Å². The van der Waals surface area contributed by atoms with Crippen LogP contribution in [-0.4, -0.2) is 22.2 Å². The van der Waals surface area contributed by atoms with Crippen molar-refractivity contribution < 1.29 is 19.8 Å². The second kappa shape index (κ2) is 4.43. The largest absolute Gasteiger partial charge is 0.479 e. The quantitative estimate of drug-likeness (QED) is 0.574. The molecule has 0 aliphatic heterocycles. The SMILES string of the molecule is NC(=O)Nc1ccc(C(O)C(=O)O)cc1. The Morgan fingerprint density at radius 3 is 2.20 bits per heavy atom. The van der Waals surface area contributed by atoms with E-state index in [1.807, 2.05) is 0 Å². The van der Waals surface area contributed by atoms with Gasteiger partial charge in [-0.25, -0.2) is 9.59 Å². The molecule has 1 aromatic carbocycles. The maximum Gasteiger partial charge on any atom is 0.337 e. The van der Waals surface area contributed by atoms with Gasteiger partial charge in [0.2, 0.25) is 0 Å². The van der Waals surface area contributed by atoms with Crippen LogP contribution in [0.25, 0.3) is 0 Å². The van der Waals surface area contributed by atoms with Crippen LogP contribution in [0.4, 0.5) is 10.5 Å². The summed E-state index contributed by atoms with van der Waals surface area (Å²) in [7, 11) is 0. The lowest BCUT2D eigenvalue weighted by molar-refractivity contribution is -0.146. The lowest BCUT2D eigenvalue weighted by Gasteiger charge is -2.06. The highest BCUT2D eigenvalue weighted by Gasteiger charge is 2.15. The highest BCUT2D eigenvalue weighted by Crippen LogP contribution is 2.16. The fourth-order valence-corrected chi connectivity index (χ4v) is 1.03. The Morgan fingerprint density at radius 2 is 1.80 bits per heavy atom. The summed E-state index contributed by atoms with van der Waals surface area (Å²) in [6.45, 7) is 0. The van der Waals surface area contributed by atoms with E-state index in [0.29, 0.717) is 5.69 Å². The number of urea groups is 1. The number of aliphatic hydroxyl groups is 1. The number of hydrogen-bond acceptors (Lipinski definition) is 3. The second-order valence-corrected chi connectivity index (χ2v) is 2.85. The molecule has 0 aliphatic carbocycles. The number of carbonyl (C=O) groups excluding carboxylic acids is 1. The minimum Gasteiger partial charge on any atom is -0.479 e. The Kier molecular flexibility index (Phi) is 3.25. The fourth-order valence-electron chi connectivity index (χ4n) is 1.03. The molecule has 80 valence electrons. The van der Waals surface area contributed by atoms with Crippen molar-refractivity contribution in [2.24, 2.45) is 5.73 Å². The first-order valence-electron chi connectivity index (χ1n) is 4.08. The number of carboxylic acid groups (broad SMARTS) is 1. The molecule has 2 amide bonds. The number of carbonyl (C=O) groups is 2. The van der Waals surface area contributed by atoms with E-state index in [-0.39, 0.29) is 5.56 Å². The van der Waals surface area contributed by atoms with E-state index in [1.54, 1.807) is 0 Å². The van der Waals surface area contributed by atoms with Crippen molar-refractivity contribution in [1.29, 1.82) is 0 Å². The summed E-state index contributed by atoms with van der Waals surface area (Å²) < 4.78 is 0. The van der Waals surface area contributed by atoms with Crippen LogP contribution in [0.15, 0.2) is 24.3 Å². The number of hydrogen-bond donors (Lipinski definition) is 4. The monoisotopic (exact) mass is 210 g/mol. The first-order valence-corrected chi connectivity index (χ1v) is 4.08. The Balaban J connectivity index is 2.80. The van der Waals surface area contributed by atoms with Crippen LogP contribution in [0, 0.1) is 0 Å². The minimum absolute atomic E-state index is 0.234. The Hall–Kier alpha value is -2.08. The molecule has 15 heavy (non-hydrogen) atoms. The number of carboxylic acids is 1. The summed E-state index contributed by atoms with van der Waals surface area (Å²) in [5.74, 6) is -1.33. The van der Waals surface area contributed by atoms with Gasteiger partial charge in [-0.15, -0.1) is 0 Å². The average Bonchev–Trinajstić information content (AvgIpc) is 2.17. The summed E-state index contributed by atoms with van der Waals surface area (Å²) >= 11 is 0. The third kappa shape index (κ3) is 2.96. The summed E-state index contributed by atoms with van der Waals surface area (Å²) in [5.41, 5.74) is 5.54. The third-order valence-corrected chi connectivity index (χ3v) is 1.73. The molecule has 1 unspecified atom stereocenters. The van der Waals surface area contributed by atoms with Crippen molar-refractivity contribution in [3.8, 4) is 0 Å². The van der Waals surface area contributed by atoms with Crippen molar-refractivity contribution in [2.75, 3.05) is 5.32 Å². The van der Waals surface area contributed by atoms with Crippen molar-refractivity contribution in [3.63, 3.8) is 0 Å². The minimum atomic E-state index is -1.56.